The number of benzene rings is 1. The molecule has 0 amide bonds. The van der Waals surface area contributed by atoms with Gasteiger partial charge in [0, 0.05) is 11.8 Å². The van der Waals surface area contributed by atoms with E-state index in [1.807, 2.05) is 0 Å². The molecule has 0 bridgehead atoms. The Morgan fingerprint density at radius 3 is 2.61 bits per heavy atom. The Balaban J connectivity index is 2.43. The summed E-state index contributed by atoms with van der Waals surface area (Å²) in [7, 11) is -3.72. The van der Waals surface area contributed by atoms with Gasteiger partial charge in [-0.15, -0.1) is 0 Å². The first-order valence-electron chi connectivity index (χ1n) is 5.30. The summed E-state index contributed by atoms with van der Waals surface area (Å²) in [6, 6.07) is 6.56. The molecule has 0 aliphatic rings. The first kappa shape index (κ1) is 12.4. The lowest BCUT2D eigenvalue weighted by atomic mass is 10.2. The number of nitrogens with two attached hydrogens (primary N) is 1. The summed E-state index contributed by atoms with van der Waals surface area (Å²) in [6.45, 7) is 3.48. The van der Waals surface area contributed by atoms with Crippen LogP contribution in [0.5, 0.6) is 0 Å². The Hall–Kier alpha value is -2.02. The number of hydrogen-bond acceptors (Lipinski definition) is 4. The number of sulfonamides is 1. The van der Waals surface area contributed by atoms with Gasteiger partial charge >= 0.3 is 0 Å². The molecule has 4 N–H and O–H groups in total. The van der Waals surface area contributed by atoms with Crippen LogP contribution in [0.15, 0.2) is 29.2 Å². The highest BCUT2D eigenvalue weighted by atomic mass is 32.2. The first-order valence-corrected chi connectivity index (χ1v) is 6.78. The van der Waals surface area contributed by atoms with Gasteiger partial charge in [-0.2, -0.15) is 5.10 Å². The van der Waals surface area contributed by atoms with Gasteiger partial charge in [0.25, 0.3) is 10.0 Å². The van der Waals surface area contributed by atoms with Crippen LogP contribution in [-0.4, -0.2) is 18.6 Å². The zero-order chi connectivity index (χ0) is 13.3. The van der Waals surface area contributed by atoms with Crippen LogP contribution in [0.1, 0.15) is 11.3 Å². The van der Waals surface area contributed by atoms with Gasteiger partial charge < -0.3 is 5.73 Å². The van der Waals surface area contributed by atoms with Gasteiger partial charge in [0.1, 0.15) is 4.90 Å². The standard InChI is InChI=1S/C11H14N4O2S/c1-7-4-3-5-9(12)11(7)18(16,17)15-10-6-8(2)13-14-10/h3-6H,12H2,1-2H3,(H2,13,14,15). The number of anilines is 2. The van der Waals surface area contributed by atoms with Gasteiger partial charge in [-0.3, -0.25) is 9.82 Å². The number of H-pyrrole nitrogens is 1. The Morgan fingerprint density at radius 2 is 2.06 bits per heavy atom. The van der Waals surface area contributed by atoms with E-state index in [0.717, 1.165) is 5.69 Å². The van der Waals surface area contributed by atoms with Crippen molar-refractivity contribution < 1.29 is 8.42 Å². The van der Waals surface area contributed by atoms with Crippen LogP contribution < -0.4 is 10.5 Å². The van der Waals surface area contributed by atoms with Crippen molar-refractivity contribution in [3.05, 3.63) is 35.5 Å². The number of nitrogens with one attached hydrogen (secondary N) is 2. The second kappa shape index (κ2) is 4.34. The van der Waals surface area contributed by atoms with E-state index in [9.17, 15) is 8.42 Å². The molecule has 96 valence electrons. The molecular formula is C11H14N4O2S. The molecule has 7 heteroatoms. The lowest BCUT2D eigenvalue weighted by Gasteiger charge is -2.10. The molecule has 0 saturated heterocycles. The van der Waals surface area contributed by atoms with Crippen LogP contribution in [-0.2, 0) is 10.0 Å². The van der Waals surface area contributed by atoms with Crippen LogP contribution in [0.4, 0.5) is 11.5 Å². The third-order valence-electron chi connectivity index (χ3n) is 2.46. The summed E-state index contributed by atoms with van der Waals surface area (Å²) in [5.41, 5.74) is 7.30. The van der Waals surface area contributed by atoms with Gasteiger partial charge in [-0.25, -0.2) is 8.42 Å². The third-order valence-corrected chi connectivity index (χ3v) is 4.03. The Kier molecular flexibility index (Phi) is 3.00. The van der Waals surface area contributed by atoms with Crippen molar-refractivity contribution in [1.29, 1.82) is 0 Å². The quantitative estimate of drug-likeness (QED) is 0.731. The van der Waals surface area contributed by atoms with Crippen LogP contribution in [0.2, 0.25) is 0 Å². The second-order valence-corrected chi connectivity index (χ2v) is 5.65. The van der Waals surface area contributed by atoms with Crippen molar-refractivity contribution >= 4 is 21.5 Å². The van der Waals surface area contributed by atoms with Crippen LogP contribution in [0, 0.1) is 13.8 Å². The maximum absolute atomic E-state index is 12.2. The molecule has 0 unspecified atom stereocenters. The maximum Gasteiger partial charge on any atom is 0.265 e. The molecule has 1 aromatic heterocycles. The number of hydrogen-bond donors (Lipinski definition) is 3. The van der Waals surface area contributed by atoms with Gasteiger partial charge in [-0.1, -0.05) is 12.1 Å². The zero-order valence-electron chi connectivity index (χ0n) is 10.1. The lowest BCUT2D eigenvalue weighted by Crippen LogP contribution is -2.16. The molecule has 0 saturated carbocycles. The molecule has 0 radical (unpaired) electrons. The predicted octanol–water partition coefficient (Wildman–Crippen LogP) is 1.41. The van der Waals surface area contributed by atoms with Gasteiger partial charge in [0.05, 0.1) is 5.69 Å². The van der Waals surface area contributed by atoms with E-state index in [4.69, 9.17) is 5.73 Å². The van der Waals surface area contributed by atoms with Crippen molar-refractivity contribution in [1.82, 2.24) is 10.2 Å². The summed E-state index contributed by atoms with van der Waals surface area (Å²) in [4.78, 5) is 0.0886. The van der Waals surface area contributed by atoms with Gasteiger partial charge in [0.2, 0.25) is 0 Å². The molecule has 0 aliphatic carbocycles. The van der Waals surface area contributed by atoms with Crippen molar-refractivity contribution in [2.75, 3.05) is 10.5 Å². The molecular weight excluding hydrogens is 252 g/mol. The molecule has 2 rings (SSSR count). The average Bonchev–Trinajstić information content (AvgIpc) is 2.62. The molecule has 18 heavy (non-hydrogen) atoms. The predicted molar refractivity (Wildman–Crippen MR) is 69.7 cm³/mol. The van der Waals surface area contributed by atoms with E-state index < -0.39 is 10.0 Å². The maximum atomic E-state index is 12.2. The number of nitrogens with zero attached hydrogens (tertiary/aromatic N) is 1. The topological polar surface area (TPSA) is 101 Å². The van der Waals surface area contributed by atoms with Crippen LogP contribution in [0.3, 0.4) is 0 Å². The molecule has 0 spiro atoms. The molecule has 2 aromatic rings. The van der Waals surface area contributed by atoms with Crippen LogP contribution >= 0.6 is 0 Å². The second-order valence-electron chi connectivity index (χ2n) is 4.03. The van der Waals surface area contributed by atoms with Gasteiger partial charge in [0.15, 0.2) is 5.82 Å². The molecule has 1 heterocycles. The minimum atomic E-state index is -3.72. The van der Waals surface area contributed by atoms with Crippen molar-refractivity contribution in [3.63, 3.8) is 0 Å². The Bertz CT molecular complexity index is 656. The fourth-order valence-corrected chi connectivity index (χ4v) is 3.05. The fourth-order valence-electron chi connectivity index (χ4n) is 1.70. The number of aryl methyl sites for hydroxylation is 2. The molecule has 1 aromatic carbocycles. The number of aromatic nitrogens is 2. The highest BCUT2D eigenvalue weighted by Gasteiger charge is 2.20. The molecule has 0 fully saturated rings. The summed E-state index contributed by atoms with van der Waals surface area (Å²) < 4.78 is 26.8. The van der Waals surface area contributed by atoms with E-state index >= 15 is 0 Å². The molecule has 0 aliphatic heterocycles. The highest BCUT2D eigenvalue weighted by molar-refractivity contribution is 7.93. The van der Waals surface area contributed by atoms with Crippen LogP contribution in [0.25, 0.3) is 0 Å². The van der Waals surface area contributed by atoms with E-state index in [0.29, 0.717) is 5.56 Å². The van der Waals surface area contributed by atoms with E-state index in [1.54, 1.807) is 38.1 Å². The summed E-state index contributed by atoms with van der Waals surface area (Å²) >= 11 is 0. The summed E-state index contributed by atoms with van der Waals surface area (Å²) in [5, 5.41) is 6.49. The molecule has 0 atom stereocenters. The van der Waals surface area contributed by atoms with Crippen molar-refractivity contribution in [2.45, 2.75) is 18.7 Å². The summed E-state index contributed by atoms with van der Waals surface area (Å²) in [5.74, 6) is 0.246. The third kappa shape index (κ3) is 2.30. The smallest absolute Gasteiger partial charge is 0.265 e. The normalized spacial score (nSPS) is 11.4. The fraction of sp³-hybridized carbons (Fsp3) is 0.182. The number of aromatic amines is 1. The number of nitrogen functional groups attached to an aromatic ring is 1. The first-order chi connectivity index (χ1) is 8.40. The Morgan fingerprint density at radius 1 is 1.33 bits per heavy atom. The number of rotatable bonds is 3. The SMILES string of the molecule is Cc1cc(NS(=O)(=O)c2c(C)cccc2N)n[nH]1. The van der Waals surface area contributed by atoms with Crippen molar-refractivity contribution in [2.24, 2.45) is 0 Å². The van der Waals surface area contributed by atoms with E-state index in [1.165, 1.54) is 0 Å². The largest absolute Gasteiger partial charge is 0.398 e. The zero-order valence-corrected chi connectivity index (χ0v) is 10.9. The van der Waals surface area contributed by atoms with E-state index in [-0.39, 0.29) is 16.4 Å². The molecule has 6 nitrogen and oxygen atoms in total. The van der Waals surface area contributed by atoms with E-state index in [2.05, 4.69) is 14.9 Å². The Labute approximate surface area is 105 Å². The highest BCUT2D eigenvalue weighted by Crippen LogP contribution is 2.24. The monoisotopic (exact) mass is 266 g/mol. The average molecular weight is 266 g/mol. The lowest BCUT2D eigenvalue weighted by molar-refractivity contribution is 0.601. The minimum absolute atomic E-state index is 0.0886. The summed E-state index contributed by atoms with van der Waals surface area (Å²) in [6.07, 6.45) is 0. The minimum Gasteiger partial charge on any atom is -0.398 e. The van der Waals surface area contributed by atoms with Gasteiger partial charge in [-0.05, 0) is 25.5 Å². The van der Waals surface area contributed by atoms with Crippen molar-refractivity contribution in [3.8, 4) is 0 Å².